The molecule has 0 bridgehead atoms. The second-order valence-electron chi connectivity index (χ2n) is 5.99. The van der Waals surface area contributed by atoms with E-state index in [0.717, 1.165) is 18.0 Å². The number of aromatic nitrogens is 1. The van der Waals surface area contributed by atoms with Crippen LogP contribution >= 0.6 is 11.6 Å². The van der Waals surface area contributed by atoms with Gasteiger partial charge in [0.15, 0.2) is 12.8 Å². The third-order valence-electron chi connectivity index (χ3n) is 4.55. The Hall–Kier alpha value is -1.58. The van der Waals surface area contributed by atoms with Crippen molar-refractivity contribution < 1.29 is 21.6 Å². The van der Waals surface area contributed by atoms with Crippen LogP contribution in [0, 0.1) is 6.92 Å². The molecule has 4 rings (SSSR count). The molecule has 0 spiro atoms. The highest BCUT2D eigenvalue weighted by molar-refractivity contribution is 6.30. The Morgan fingerprint density at radius 3 is 2.57 bits per heavy atom. The average molecular weight is 390 g/mol. The van der Waals surface area contributed by atoms with Crippen LogP contribution in [0.1, 0.15) is 16.8 Å². The lowest BCUT2D eigenvalue weighted by Crippen LogP contribution is -3.00. The Balaban J connectivity index is 0.00000156. The van der Waals surface area contributed by atoms with Gasteiger partial charge in [0, 0.05) is 41.5 Å². The van der Waals surface area contributed by atoms with Crippen LogP contribution in [0.5, 0.6) is 0 Å². The Morgan fingerprint density at radius 2 is 1.83 bits per heavy atom. The summed E-state index contributed by atoms with van der Waals surface area (Å²) in [5.41, 5.74) is 6.59. The van der Waals surface area contributed by atoms with Gasteiger partial charge in [-0.3, -0.25) is 0 Å². The topological polar surface area (TPSA) is 7.94 Å². The molecular formula is C19H18BrClN2. The SMILES string of the molecule is Cc1ccc2c(c1)c1c(n2C)C=[N+](c2ccc(Cl)cc2)CC1.[Br-]. The Kier molecular flexibility index (Phi) is 4.35. The summed E-state index contributed by atoms with van der Waals surface area (Å²) in [6, 6.07) is 14.8. The largest absolute Gasteiger partial charge is 1.00 e. The fourth-order valence-corrected chi connectivity index (χ4v) is 3.49. The van der Waals surface area contributed by atoms with Crippen molar-refractivity contribution in [2.24, 2.45) is 7.05 Å². The number of rotatable bonds is 1. The molecule has 2 aromatic carbocycles. The standard InChI is InChI=1S/C19H18ClN2.BrH/c1-13-3-8-18-17(11-13)16-9-10-22(12-19(16)21(18)2)15-6-4-14(20)5-7-15;/h3-8,11-12H,9-10H2,1-2H3;1H/q+1;/p-1. The number of hydrogen-bond acceptors (Lipinski definition) is 0. The summed E-state index contributed by atoms with van der Waals surface area (Å²) < 4.78 is 4.61. The molecule has 1 aromatic heterocycles. The van der Waals surface area contributed by atoms with E-state index in [4.69, 9.17) is 11.6 Å². The van der Waals surface area contributed by atoms with E-state index in [2.05, 4.69) is 59.7 Å². The van der Waals surface area contributed by atoms with Crippen molar-refractivity contribution in [3.8, 4) is 0 Å². The highest BCUT2D eigenvalue weighted by atomic mass is 79.9. The second-order valence-corrected chi connectivity index (χ2v) is 6.43. The van der Waals surface area contributed by atoms with Crippen molar-refractivity contribution in [2.75, 3.05) is 6.54 Å². The van der Waals surface area contributed by atoms with Crippen LogP contribution in [0.2, 0.25) is 5.02 Å². The first-order valence-corrected chi connectivity index (χ1v) is 7.96. The molecule has 23 heavy (non-hydrogen) atoms. The van der Waals surface area contributed by atoms with Crippen molar-refractivity contribution in [2.45, 2.75) is 13.3 Å². The first-order chi connectivity index (χ1) is 10.6. The molecule has 0 atom stereocenters. The predicted molar refractivity (Wildman–Crippen MR) is 92.8 cm³/mol. The van der Waals surface area contributed by atoms with Gasteiger partial charge in [-0.25, -0.2) is 0 Å². The number of benzene rings is 2. The first kappa shape index (κ1) is 16.3. The summed E-state index contributed by atoms with van der Waals surface area (Å²) in [4.78, 5) is 0. The van der Waals surface area contributed by atoms with Gasteiger partial charge in [-0.2, -0.15) is 4.58 Å². The summed E-state index contributed by atoms with van der Waals surface area (Å²) >= 11 is 5.99. The highest BCUT2D eigenvalue weighted by Crippen LogP contribution is 2.29. The molecule has 1 aliphatic rings. The maximum atomic E-state index is 5.99. The average Bonchev–Trinajstić information content (AvgIpc) is 2.80. The molecule has 0 unspecified atom stereocenters. The molecule has 0 aliphatic carbocycles. The van der Waals surface area contributed by atoms with Crippen LogP contribution in [0.25, 0.3) is 10.9 Å². The molecule has 1 aliphatic heterocycles. The Morgan fingerprint density at radius 1 is 1.09 bits per heavy atom. The number of halogens is 2. The molecular weight excluding hydrogens is 372 g/mol. The zero-order valence-corrected chi connectivity index (χ0v) is 15.5. The van der Waals surface area contributed by atoms with Crippen molar-refractivity contribution in [3.63, 3.8) is 0 Å². The minimum absolute atomic E-state index is 0. The van der Waals surface area contributed by atoms with Gasteiger partial charge in [0.25, 0.3) is 0 Å². The second kappa shape index (κ2) is 6.14. The molecule has 3 aromatic rings. The van der Waals surface area contributed by atoms with E-state index in [1.165, 1.54) is 33.4 Å². The molecule has 0 N–H and O–H groups in total. The van der Waals surface area contributed by atoms with Crippen LogP contribution in [-0.4, -0.2) is 21.9 Å². The van der Waals surface area contributed by atoms with E-state index in [9.17, 15) is 0 Å². The lowest BCUT2D eigenvalue weighted by atomic mass is 10.0. The van der Waals surface area contributed by atoms with Gasteiger partial charge in [-0.1, -0.05) is 23.2 Å². The van der Waals surface area contributed by atoms with Gasteiger partial charge >= 0.3 is 0 Å². The van der Waals surface area contributed by atoms with Gasteiger partial charge in [0.1, 0.15) is 5.69 Å². The van der Waals surface area contributed by atoms with Crippen molar-refractivity contribution in [3.05, 3.63) is 64.3 Å². The molecule has 0 amide bonds. The number of fused-ring (bicyclic) bond motifs is 3. The Labute approximate surface area is 151 Å². The van der Waals surface area contributed by atoms with E-state index in [1.54, 1.807) is 0 Å². The Bertz CT molecular complexity index is 907. The number of nitrogens with zero attached hydrogens (tertiary/aromatic N) is 2. The van der Waals surface area contributed by atoms with Crippen LogP contribution < -0.4 is 17.0 Å². The monoisotopic (exact) mass is 388 g/mol. The van der Waals surface area contributed by atoms with E-state index >= 15 is 0 Å². The maximum Gasteiger partial charge on any atom is 0.205 e. The smallest absolute Gasteiger partial charge is 0.205 e. The zero-order chi connectivity index (χ0) is 15.3. The van der Waals surface area contributed by atoms with Crippen LogP contribution in [0.15, 0.2) is 42.5 Å². The maximum absolute atomic E-state index is 5.99. The van der Waals surface area contributed by atoms with E-state index in [-0.39, 0.29) is 17.0 Å². The number of aryl methyl sites for hydroxylation is 2. The number of hydrogen-bond donors (Lipinski definition) is 0. The molecule has 2 nitrogen and oxygen atoms in total. The van der Waals surface area contributed by atoms with Gasteiger partial charge in [0.05, 0.1) is 0 Å². The molecule has 0 saturated heterocycles. The van der Waals surface area contributed by atoms with E-state index in [0.29, 0.717) is 0 Å². The fraction of sp³-hybridized carbons (Fsp3) is 0.211. The summed E-state index contributed by atoms with van der Waals surface area (Å²) in [7, 11) is 2.15. The summed E-state index contributed by atoms with van der Waals surface area (Å²) in [6.07, 6.45) is 3.33. The minimum Gasteiger partial charge on any atom is -1.00 e. The lowest BCUT2D eigenvalue weighted by molar-refractivity contribution is -0.436. The van der Waals surface area contributed by atoms with Gasteiger partial charge in [-0.05, 0) is 36.8 Å². The quantitative estimate of drug-likeness (QED) is 0.557. The molecule has 0 fully saturated rings. The lowest BCUT2D eigenvalue weighted by Gasteiger charge is -2.10. The predicted octanol–water partition coefficient (Wildman–Crippen LogP) is 1.46. The molecule has 2 heterocycles. The third-order valence-corrected chi connectivity index (χ3v) is 4.80. The first-order valence-electron chi connectivity index (χ1n) is 7.58. The summed E-state index contributed by atoms with van der Waals surface area (Å²) in [5.74, 6) is 0. The normalized spacial score (nSPS) is 13.4. The van der Waals surface area contributed by atoms with Crippen LogP contribution in [0.4, 0.5) is 5.69 Å². The van der Waals surface area contributed by atoms with Crippen molar-refractivity contribution in [1.82, 2.24) is 4.57 Å². The van der Waals surface area contributed by atoms with Gasteiger partial charge in [-0.15, -0.1) is 0 Å². The van der Waals surface area contributed by atoms with E-state index in [1.807, 2.05) is 12.1 Å². The molecule has 0 radical (unpaired) electrons. The van der Waals surface area contributed by atoms with Crippen LogP contribution in [-0.2, 0) is 13.5 Å². The fourth-order valence-electron chi connectivity index (χ4n) is 3.36. The molecule has 4 heteroatoms. The van der Waals surface area contributed by atoms with Gasteiger partial charge in [0.2, 0.25) is 5.69 Å². The molecule has 118 valence electrons. The van der Waals surface area contributed by atoms with Gasteiger partial charge < -0.3 is 21.5 Å². The third kappa shape index (κ3) is 2.73. The van der Waals surface area contributed by atoms with Crippen molar-refractivity contribution >= 4 is 34.4 Å². The minimum atomic E-state index is 0. The summed E-state index contributed by atoms with van der Waals surface area (Å²) in [5, 5.41) is 2.17. The van der Waals surface area contributed by atoms with Crippen LogP contribution in [0.3, 0.4) is 0 Å². The summed E-state index contributed by atoms with van der Waals surface area (Å²) in [6.45, 7) is 3.16. The van der Waals surface area contributed by atoms with E-state index < -0.39 is 0 Å². The van der Waals surface area contributed by atoms with Crippen molar-refractivity contribution in [1.29, 1.82) is 0 Å². The highest BCUT2D eigenvalue weighted by Gasteiger charge is 2.23. The zero-order valence-electron chi connectivity index (χ0n) is 13.2. The molecule has 0 saturated carbocycles.